The number of benzene rings is 1. The Kier molecular flexibility index (Phi) is 5.39. The lowest BCUT2D eigenvalue weighted by atomic mass is 10.1. The summed E-state index contributed by atoms with van der Waals surface area (Å²) < 4.78 is 1.91. The second-order valence-corrected chi connectivity index (χ2v) is 7.75. The lowest BCUT2D eigenvalue weighted by molar-refractivity contribution is -0.122. The zero-order valence-electron chi connectivity index (χ0n) is 16.5. The molecule has 2 aromatic heterocycles. The topological polar surface area (TPSA) is 84.3 Å². The molecule has 0 aliphatic carbocycles. The first kappa shape index (κ1) is 20.8. The van der Waals surface area contributed by atoms with Crippen LogP contribution in [0.5, 0.6) is 0 Å². The van der Waals surface area contributed by atoms with E-state index < -0.39 is 17.8 Å². The van der Waals surface area contributed by atoms with E-state index in [2.05, 4.69) is 10.3 Å². The zero-order chi connectivity index (χ0) is 22.3. The third-order valence-electron chi connectivity index (χ3n) is 4.90. The van der Waals surface area contributed by atoms with Gasteiger partial charge in [-0.3, -0.25) is 14.9 Å². The van der Waals surface area contributed by atoms with Gasteiger partial charge in [0.25, 0.3) is 11.8 Å². The maximum Gasteiger partial charge on any atom is 0.335 e. The van der Waals surface area contributed by atoms with Crippen molar-refractivity contribution in [1.82, 2.24) is 14.9 Å². The van der Waals surface area contributed by atoms with Gasteiger partial charge in [0, 0.05) is 22.6 Å². The first-order chi connectivity index (χ1) is 14.8. The molecule has 3 aromatic rings. The van der Waals surface area contributed by atoms with Gasteiger partial charge in [-0.05, 0) is 61.9 Å². The van der Waals surface area contributed by atoms with E-state index in [0.717, 1.165) is 16.3 Å². The third kappa shape index (κ3) is 3.73. The number of rotatable bonds is 3. The van der Waals surface area contributed by atoms with Crippen LogP contribution in [0.3, 0.4) is 0 Å². The maximum atomic E-state index is 13.1. The van der Waals surface area contributed by atoms with Crippen LogP contribution in [0.15, 0.2) is 54.2 Å². The molecule has 0 unspecified atom stereocenters. The van der Waals surface area contributed by atoms with E-state index in [9.17, 15) is 14.4 Å². The molecule has 1 aliphatic rings. The largest absolute Gasteiger partial charge is 0.335 e. The number of aromatic nitrogens is 2. The van der Waals surface area contributed by atoms with Gasteiger partial charge in [-0.15, -0.1) is 0 Å². The number of barbiturate groups is 1. The smallest absolute Gasteiger partial charge is 0.303 e. The normalized spacial score (nSPS) is 15.5. The lowest BCUT2D eigenvalue weighted by Gasteiger charge is -2.27. The number of carbonyl (C=O) groups is 3. The average molecular weight is 455 g/mol. The molecular weight excluding hydrogens is 439 g/mol. The molecule has 3 heterocycles. The number of nitrogens with one attached hydrogen (secondary N) is 1. The van der Waals surface area contributed by atoms with E-state index in [1.54, 1.807) is 6.20 Å². The predicted molar refractivity (Wildman–Crippen MR) is 119 cm³/mol. The van der Waals surface area contributed by atoms with Crippen molar-refractivity contribution in [3.05, 3.63) is 81.2 Å². The fraction of sp³-hybridized carbons (Fsp3) is 0.0909. The van der Waals surface area contributed by atoms with Crippen molar-refractivity contribution >= 4 is 52.8 Å². The van der Waals surface area contributed by atoms with Crippen LogP contribution in [0, 0.1) is 13.8 Å². The Labute approximate surface area is 187 Å². The van der Waals surface area contributed by atoms with Gasteiger partial charge >= 0.3 is 6.03 Å². The molecule has 0 atom stereocenters. The second-order valence-electron chi connectivity index (χ2n) is 6.90. The first-order valence-corrected chi connectivity index (χ1v) is 10.0. The molecule has 9 heteroatoms. The SMILES string of the molecule is Cc1cc(/C=C2\C(=O)NC(=O)N(c3ccc(Cl)cc3Cl)C2=O)c(C)n1-c1ccccn1. The monoisotopic (exact) mass is 454 g/mol. The number of carbonyl (C=O) groups excluding carboxylic acids is 3. The third-order valence-corrected chi connectivity index (χ3v) is 5.44. The van der Waals surface area contributed by atoms with Gasteiger partial charge in [0.15, 0.2) is 0 Å². The molecule has 156 valence electrons. The van der Waals surface area contributed by atoms with Gasteiger partial charge in [-0.1, -0.05) is 29.3 Å². The Balaban J connectivity index is 1.78. The van der Waals surface area contributed by atoms with Gasteiger partial charge in [-0.25, -0.2) is 14.7 Å². The molecule has 1 N–H and O–H groups in total. The van der Waals surface area contributed by atoms with Crippen molar-refractivity contribution in [2.24, 2.45) is 0 Å². The zero-order valence-corrected chi connectivity index (χ0v) is 18.0. The molecule has 0 bridgehead atoms. The van der Waals surface area contributed by atoms with Crippen LogP contribution in [-0.4, -0.2) is 27.4 Å². The van der Waals surface area contributed by atoms with Crippen LogP contribution in [-0.2, 0) is 9.59 Å². The molecule has 0 radical (unpaired) electrons. The molecule has 7 nitrogen and oxygen atoms in total. The van der Waals surface area contributed by atoms with E-state index in [1.165, 1.54) is 24.3 Å². The summed E-state index contributed by atoms with van der Waals surface area (Å²) >= 11 is 12.1. The Bertz CT molecular complexity index is 1270. The highest BCUT2D eigenvalue weighted by Gasteiger charge is 2.38. The van der Waals surface area contributed by atoms with E-state index in [-0.39, 0.29) is 16.3 Å². The summed E-state index contributed by atoms with van der Waals surface area (Å²) in [7, 11) is 0. The van der Waals surface area contributed by atoms with E-state index in [4.69, 9.17) is 23.2 Å². The summed E-state index contributed by atoms with van der Waals surface area (Å²) in [6.45, 7) is 3.76. The lowest BCUT2D eigenvalue weighted by Crippen LogP contribution is -2.54. The Morgan fingerprint density at radius 1 is 1.03 bits per heavy atom. The summed E-state index contributed by atoms with van der Waals surface area (Å²) in [5.74, 6) is -0.842. The van der Waals surface area contributed by atoms with Crippen LogP contribution < -0.4 is 10.2 Å². The quantitative estimate of drug-likeness (QED) is 0.467. The van der Waals surface area contributed by atoms with Crippen LogP contribution in [0.1, 0.15) is 17.0 Å². The van der Waals surface area contributed by atoms with Crippen LogP contribution in [0.2, 0.25) is 10.0 Å². The molecule has 1 aliphatic heterocycles. The standard InChI is InChI=1S/C22H16Cl2N4O3/c1-12-9-14(13(2)27(12)19-5-3-4-8-25-19)10-16-20(29)26-22(31)28(21(16)30)18-7-6-15(23)11-17(18)24/h3-11H,1-2H3,(H,26,29,31)/b16-10+. The first-order valence-electron chi connectivity index (χ1n) is 9.25. The van der Waals surface area contributed by atoms with Crippen molar-refractivity contribution in [1.29, 1.82) is 0 Å². The summed E-state index contributed by atoms with van der Waals surface area (Å²) in [6.07, 6.45) is 3.15. The highest BCUT2D eigenvalue weighted by Crippen LogP contribution is 2.32. The molecule has 0 spiro atoms. The number of hydrogen-bond donors (Lipinski definition) is 1. The minimum Gasteiger partial charge on any atom is -0.303 e. The fourth-order valence-corrected chi connectivity index (χ4v) is 3.96. The number of urea groups is 1. The van der Waals surface area contributed by atoms with Gasteiger partial charge < -0.3 is 4.57 Å². The minimum atomic E-state index is -0.879. The summed E-state index contributed by atoms with van der Waals surface area (Å²) in [6, 6.07) is 10.9. The van der Waals surface area contributed by atoms with E-state index in [0.29, 0.717) is 16.4 Å². The number of anilines is 1. The Morgan fingerprint density at radius 3 is 2.48 bits per heavy atom. The minimum absolute atomic E-state index is 0.109. The summed E-state index contributed by atoms with van der Waals surface area (Å²) in [5.41, 5.74) is 2.26. The number of nitrogens with zero attached hydrogens (tertiary/aromatic N) is 3. The van der Waals surface area contributed by atoms with Crippen LogP contribution in [0.25, 0.3) is 11.9 Å². The number of pyridine rings is 1. The molecule has 31 heavy (non-hydrogen) atoms. The second kappa shape index (κ2) is 8.02. The molecular formula is C22H16Cl2N4O3. The molecule has 1 saturated heterocycles. The number of hydrogen-bond acceptors (Lipinski definition) is 4. The Hall–Kier alpha value is -3.42. The highest BCUT2D eigenvalue weighted by atomic mass is 35.5. The molecule has 1 aromatic carbocycles. The molecule has 1 fully saturated rings. The van der Waals surface area contributed by atoms with Crippen LogP contribution in [0.4, 0.5) is 10.5 Å². The van der Waals surface area contributed by atoms with Crippen molar-refractivity contribution in [2.45, 2.75) is 13.8 Å². The predicted octanol–water partition coefficient (Wildman–Crippen LogP) is 4.46. The van der Waals surface area contributed by atoms with Crippen molar-refractivity contribution in [2.75, 3.05) is 4.90 Å². The van der Waals surface area contributed by atoms with Crippen molar-refractivity contribution in [3.63, 3.8) is 0 Å². The van der Waals surface area contributed by atoms with E-state index >= 15 is 0 Å². The van der Waals surface area contributed by atoms with Crippen molar-refractivity contribution in [3.8, 4) is 5.82 Å². The van der Waals surface area contributed by atoms with Gasteiger partial charge in [0.1, 0.15) is 11.4 Å². The number of aryl methyl sites for hydroxylation is 1. The summed E-state index contributed by atoms with van der Waals surface area (Å²) in [4.78, 5) is 43.2. The average Bonchev–Trinajstić information content (AvgIpc) is 3.00. The van der Waals surface area contributed by atoms with E-state index in [1.807, 2.05) is 42.7 Å². The van der Waals surface area contributed by atoms with Gasteiger partial charge in [0.05, 0.1) is 10.7 Å². The van der Waals surface area contributed by atoms with Crippen molar-refractivity contribution < 1.29 is 14.4 Å². The number of imide groups is 2. The van der Waals surface area contributed by atoms with Crippen LogP contribution >= 0.6 is 23.2 Å². The fourth-order valence-electron chi connectivity index (χ4n) is 3.47. The van der Waals surface area contributed by atoms with Gasteiger partial charge in [0.2, 0.25) is 0 Å². The number of halogens is 2. The molecule has 4 rings (SSSR count). The number of amides is 4. The Morgan fingerprint density at radius 2 is 1.81 bits per heavy atom. The summed E-state index contributed by atoms with van der Waals surface area (Å²) in [5, 5.41) is 2.65. The molecule has 0 saturated carbocycles. The van der Waals surface area contributed by atoms with Gasteiger partial charge in [-0.2, -0.15) is 0 Å². The molecule has 4 amide bonds. The highest BCUT2D eigenvalue weighted by molar-refractivity contribution is 6.42. The maximum absolute atomic E-state index is 13.1.